The van der Waals surface area contributed by atoms with Gasteiger partial charge in [0.25, 0.3) is 0 Å². The topological polar surface area (TPSA) is 70.2 Å². The van der Waals surface area contributed by atoms with Crippen LogP contribution in [0.25, 0.3) is 0 Å². The Bertz CT molecular complexity index is 274. The summed E-state index contributed by atoms with van der Waals surface area (Å²) in [5.74, 6) is 0.299. The number of carbonyl (C=O) groups is 2. The zero-order valence-electron chi connectivity index (χ0n) is 11.1. The van der Waals surface area contributed by atoms with Crippen molar-refractivity contribution in [1.82, 2.24) is 16.0 Å². The SMILES string of the molecule is CCCC(=O)NCC(=O)NC1CCNCC1C.Cl. The zero-order valence-corrected chi connectivity index (χ0v) is 11.9. The molecule has 0 aliphatic carbocycles. The molecule has 0 radical (unpaired) electrons. The normalized spacial score (nSPS) is 22.8. The summed E-state index contributed by atoms with van der Waals surface area (Å²) in [6, 6.07) is 0.229. The van der Waals surface area contributed by atoms with E-state index in [-0.39, 0.29) is 36.8 Å². The van der Waals surface area contributed by atoms with Gasteiger partial charge in [-0.3, -0.25) is 9.59 Å². The first-order valence-electron chi connectivity index (χ1n) is 6.40. The van der Waals surface area contributed by atoms with Crippen LogP contribution in [-0.2, 0) is 9.59 Å². The molecule has 3 N–H and O–H groups in total. The minimum absolute atomic E-state index is 0. The van der Waals surface area contributed by atoms with Crippen molar-refractivity contribution in [3.63, 3.8) is 0 Å². The van der Waals surface area contributed by atoms with E-state index >= 15 is 0 Å². The van der Waals surface area contributed by atoms with E-state index in [1.165, 1.54) is 0 Å². The molecule has 0 aromatic heterocycles. The van der Waals surface area contributed by atoms with Gasteiger partial charge in [-0.15, -0.1) is 12.4 Å². The van der Waals surface area contributed by atoms with Gasteiger partial charge in [-0.25, -0.2) is 0 Å². The molecule has 1 fully saturated rings. The summed E-state index contributed by atoms with van der Waals surface area (Å²) in [5, 5.41) is 8.88. The molecule has 0 aromatic rings. The Hall–Kier alpha value is -0.810. The van der Waals surface area contributed by atoms with Crippen LogP contribution in [0.3, 0.4) is 0 Å². The van der Waals surface area contributed by atoms with E-state index in [1.54, 1.807) is 0 Å². The molecular formula is C12H24ClN3O2. The number of amides is 2. The number of rotatable bonds is 5. The van der Waals surface area contributed by atoms with Crippen molar-refractivity contribution < 1.29 is 9.59 Å². The van der Waals surface area contributed by atoms with E-state index in [2.05, 4.69) is 22.9 Å². The van der Waals surface area contributed by atoms with Gasteiger partial charge in [-0.05, 0) is 31.8 Å². The average molecular weight is 278 g/mol. The molecule has 1 heterocycles. The highest BCUT2D eigenvalue weighted by atomic mass is 35.5. The highest BCUT2D eigenvalue weighted by Gasteiger charge is 2.22. The maximum absolute atomic E-state index is 11.6. The number of carbonyl (C=O) groups excluding carboxylic acids is 2. The van der Waals surface area contributed by atoms with E-state index in [0.29, 0.717) is 12.3 Å². The molecule has 1 saturated heterocycles. The molecule has 6 heteroatoms. The van der Waals surface area contributed by atoms with Gasteiger partial charge >= 0.3 is 0 Å². The number of piperidine rings is 1. The van der Waals surface area contributed by atoms with Gasteiger partial charge in [-0.1, -0.05) is 13.8 Å². The van der Waals surface area contributed by atoms with Gasteiger partial charge in [0.15, 0.2) is 0 Å². The maximum Gasteiger partial charge on any atom is 0.239 e. The molecule has 1 rings (SSSR count). The molecule has 0 aromatic carbocycles. The van der Waals surface area contributed by atoms with Crippen LogP contribution < -0.4 is 16.0 Å². The van der Waals surface area contributed by atoms with Gasteiger partial charge in [-0.2, -0.15) is 0 Å². The first-order valence-corrected chi connectivity index (χ1v) is 6.40. The van der Waals surface area contributed by atoms with Crippen molar-refractivity contribution in [3.8, 4) is 0 Å². The van der Waals surface area contributed by atoms with Crippen molar-refractivity contribution in [3.05, 3.63) is 0 Å². The molecule has 1 aliphatic heterocycles. The summed E-state index contributed by atoms with van der Waals surface area (Å²) < 4.78 is 0. The molecule has 2 amide bonds. The Balaban J connectivity index is 0.00000289. The third-order valence-electron chi connectivity index (χ3n) is 3.05. The second-order valence-corrected chi connectivity index (χ2v) is 4.67. The Morgan fingerprint density at radius 1 is 1.33 bits per heavy atom. The Labute approximate surface area is 115 Å². The van der Waals surface area contributed by atoms with Crippen LogP contribution in [0.2, 0.25) is 0 Å². The van der Waals surface area contributed by atoms with Gasteiger partial charge in [0, 0.05) is 12.5 Å². The minimum atomic E-state index is -0.0896. The number of nitrogens with one attached hydrogen (secondary N) is 3. The Morgan fingerprint density at radius 3 is 2.67 bits per heavy atom. The fourth-order valence-electron chi connectivity index (χ4n) is 1.98. The number of hydrogen-bond acceptors (Lipinski definition) is 3. The summed E-state index contributed by atoms with van der Waals surface area (Å²) in [4.78, 5) is 22.8. The first-order chi connectivity index (χ1) is 8.13. The molecular weight excluding hydrogens is 254 g/mol. The van der Waals surface area contributed by atoms with Gasteiger partial charge in [0.1, 0.15) is 0 Å². The monoisotopic (exact) mass is 277 g/mol. The summed E-state index contributed by atoms with van der Waals surface area (Å²) >= 11 is 0. The van der Waals surface area contributed by atoms with Crippen LogP contribution in [0.1, 0.15) is 33.1 Å². The van der Waals surface area contributed by atoms with Crippen molar-refractivity contribution in [2.45, 2.75) is 39.2 Å². The van der Waals surface area contributed by atoms with E-state index in [0.717, 1.165) is 25.9 Å². The lowest BCUT2D eigenvalue weighted by atomic mass is 9.95. The second kappa shape index (κ2) is 9.16. The summed E-state index contributed by atoms with van der Waals surface area (Å²) in [6.07, 6.45) is 2.24. The van der Waals surface area contributed by atoms with Gasteiger partial charge in [0.2, 0.25) is 11.8 Å². The maximum atomic E-state index is 11.6. The molecule has 2 unspecified atom stereocenters. The van der Waals surface area contributed by atoms with E-state index in [4.69, 9.17) is 0 Å². The van der Waals surface area contributed by atoms with Crippen molar-refractivity contribution in [2.24, 2.45) is 5.92 Å². The molecule has 0 bridgehead atoms. The highest BCUT2D eigenvalue weighted by Crippen LogP contribution is 2.09. The zero-order chi connectivity index (χ0) is 12.7. The van der Waals surface area contributed by atoms with Crippen molar-refractivity contribution in [2.75, 3.05) is 19.6 Å². The summed E-state index contributed by atoms with van der Waals surface area (Å²) in [6.45, 7) is 6.03. The first kappa shape index (κ1) is 17.2. The number of hydrogen-bond donors (Lipinski definition) is 3. The highest BCUT2D eigenvalue weighted by molar-refractivity contribution is 5.85. The van der Waals surface area contributed by atoms with E-state index in [1.807, 2.05) is 6.92 Å². The van der Waals surface area contributed by atoms with Crippen LogP contribution >= 0.6 is 12.4 Å². The lowest BCUT2D eigenvalue weighted by molar-refractivity contribution is -0.126. The average Bonchev–Trinajstić information content (AvgIpc) is 2.30. The quantitative estimate of drug-likeness (QED) is 0.683. The molecule has 5 nitrogen and oxygen atoms in total. The van der Waals surface area contributed by atoms with Crippen LogP contribution in [0.15, 0.2) is 0 Å². The number of halogens is 1. The van der Waals surface area contributed by atoms with Crippen LogP contribution in [-0.4, -0.2) is 37.5 Å². The van der Waals surface area contributed by atoms with Crippen LogP contribution in [0.5, 0.6) is 0 Å². The second-order valence-electron chi connectivity index (χ2n) is 4.67. The van der Waals surface area contributed by atoms with Crippen LogP contribution in [0, 0.1) is 5.92 Å². The lowest BCUT2D eigenvalue weighted by Gasteiger charge is -2.30. The molecule has 1 aliphatic rings. The molecule has 2 atom stereocenters. The Morgan fingerprint density at radius 2 is 2.06 bits per heavy atom. The van der Waals surface area contributed by atoms with Crippen molar-refractivity contribution >= 4 is 24.2 Å². The van der Waals surface area contributed by atoms with Gasteiger partial charge < -0.3 is 16.0 Å². The lowest BCUT2D eigenvalue weighted by Crippen LogP contribution is -2.50. The van der Waals surface area contributed by atoms with E-state index < -0.39 is 0 Å². The fourth-order valence-corrected chi connectivity index (χ4v) is 1.98. The fraction of sp³-hybridized carbons (Fsp3) is 0.833. The minimum Gasteiger partial charge on any atom is -0.351 e. The molecule has 18 heavy (non-hydrogen) atoms. The molecule has 0 spiro atoms. The predicted molar refractivity (Wildman–Crippen MR) is 73.7 cm³/mol. The molecule has 106 valence electrons. The summed E-state index contributed by atoms with van der Waals surface area (Å²) in [7, 11) is 0. The van der Waals surface area contributed by atoms with Crippen molar-refractivity contribution in [1.29, 1.82) is 0 Å². The molecule has 0 saturated carbocycles. The standard InChI is InChI=1S/C12H23N3O2.ClH/c1-3-4-11(16)14-8-12(17)15-10-5-6-13-7-9(10)2;/h9-10,13H,3-8H2,1-2H3,(H,14,16)(H,15,17);1H. The smallest absolute Gasteiger partial charge is 0.239 e. The largest absolute Gasteiger partial charge is 0.351 e. The Kier molecular flexibility index (Phi) is 8.75. The predicted octanol–water partition coefficient (Wildman–Crippen LogP) is 0.439. The van der Waals surface area contributed by atoms with E-state index in [9.17, 15) is 9.59 Å². The summed E-state index contributed by atoms with van der Waals surface area (Å²) in [5.41, 5.74) is 0. The van der Waals surface area contributed by atoms with Crippen LogP contribution in [0.4, 0.5) is 0 Å². The third kappa shape index (κ3) is 6.21. The third-order valence-corrected chi connectivity index (χ3v) is 3.05. The van der Waals surface area contributed by atoms with Gasteiger partial charge in [0.05, 0.1) is 6.54 Å².